The summed E-state index contributed by atoms with van der Waals surface area (Å²) in [6.45, 7) is 10.1. The number of allylic oxidation sites excluding steroid dienone is 1. The molecule has 0 amide bonds. The van der Waals surface area contributed by atoms with E-state index in [2.05, 4.69) is 26.8 Å². The van der Waals surface area contributed by atoms with Crippen molar-refractivity contribution in [2.75, 3.05) is 0 Å². The van der Waals surface area contributed by atoms with Gasteiger partial charge < -0.3 is 14.2 Å². The molecule has 0 saturated carbocycles. The summed E-state index contributed by atoms with van der Waals surface area (Å²) < 4.78 is 16.9. The highest BCUT2D eigenvalue weighted by atomic mass is 16.7. The van der Waals surface area contributed by atoms with Gasteiger partial charge in [0.25, 0.3) is 0 Å². The summed E-state index contributed by atoms with van der Waals surface area (Å²) in [5, 5.41) is 0. The molecule has 2 aliphatic rings. The van der Waals surface area contributed by atoms with Crippen LogP contribution < -0.4 is 0 Å². The van der Waals surface area contributed by atoms with Gasteiger partial charge in [-0.3, -0.25) is 4.79 Å². The molecule has 2 heterocycles. The van der Waals surface area contributed by atoms with Gasteiger partial charge in [0.2, 0.25) is 0 Å². The van der Waals surface area contributed by atoms with Gasteiger partial charge in [0.05, 0.1) is 6.42 Å². The molecule has 0 radical (unpaired) electrons. The molecule has 2 aliphatic heterocycles. The minimum absolute atomic E-state index is 0.0733. The Balaban J connectivity index is 2.16. The number of hydrogen-bond donors (Lipinski definition) is 0. The summed E-state index contributed by atoms with van der Waals surface area (Å²) in [6, 6.07) is 0. The van der Waals surface area contributed by atoms with Gasteiger partial charge in [0, 0.05) is 0 Å². The average Bonchev–Trinajstić information content (AvgIpc) is 2.51. The van der Waals surface area contributed by atoms with Crippen LogP contribution in [0.5, 0.6) is 0 Å². The van der Waals surface area contributed by atoms with Crippen LogP contribution in [0.3, 0.4) is 0 Å². The topological polar surface area (TPSA) is 44.8 Å². The maximum absolute atomic E-state index is 11.4. The third-order valence-electron chi connectivity index (χ3n) is 2.97. The van der Waals surface area contributed by atoms with Crippen molar-refractivity contribution in [3.8, 4) is 0 Å². The third-order valence-corrected chi connectivity index (χ3v) is 2.97. The van der Waals surface area contributed by atoms with Gasteiger partial charge in [-0.05, 0) is 19.3 Å². The van der Waals surface area contributed by atoms with E-state index in [0.29, 0.717) is 6.42 Å². The first kappa shape index (κ1) is 13.6. The second-order valence-electron chi connectivity index (χ2n) is 6.52. The molecule has 18 heavy (non-hydrogen) atoms. The molecule has 0 aromatic heterocycles. The van der Waals surface area contributed by atoms with Gasteiger partial charge in [0.1, 0.15) is 12.2 Å². The number of ether oxygens (including phenoxy) is 3. The van der Waals surface area contributed by atoms with Gasteiger partial charge in [-0.2, -0.15) is 0 Å². The lowest BCUT2D eigenvalue weighted by atomic mass is 9.94. The SMILES string of the molecule is CC(C)(C)/C=C/[C@H]1OC(C)(C)OC2CC(=O)O[C@H]21. The Bertz CT molecular complexity index is 364. The summed E-state index contributed by atoms with van der Waals surface area (Å²) in [6.07, 6.45) is 3.64. The van der Waals surface area contributed by atoms with Crippen LogP contribution in [0.4, 0.5) is 0 Å². The van der Waals surface area contributed by atoms with E-state index in [-0.39, 0.29) is 29.7 Å². The Hall–Kier alpha value is -0.870. The molecule has 2 saturated heterocycles. The molecule has 0 N–H and O–H groups in total. The fourth-order valence-electron chi connectivity index (χ4n) is 2.26. The van der Waals surface area contributed by atoms with Crippen LogP contribution in [0, 0.1) is 5.41 Å². The average molecular weight is 254 g/mol. The van der Waals surface area contributed by atoms with Crippen LogP contribution in [-0.4, -0.2) is 30.1 Å². The zero-order valence-electron chi connectivity index (χ0n) is 11.7. The fraction of sp³-hybridized carbons (Fsp3) is 0.786. The highest BCUT2D eigenvalue weighted by molar-refractivity contribution is 5.72. The van der Waals surface area contributed by atoms with E-state index in [1.807, 2.05) is 19.9 Å². The van der Waals surface area contributed by atoms with Crippen LogP contribution in [0.1, 0.15) is 41.0 Å². The first-order valence-electron chi connectivity index (χ1n) is 6.41. The number of carbonyl (C=O) groups is 1. The minimum atomic E-state index is -0.679. The maximum atomic E-state index is 11.4. The number of carbonyl (C=O) groups excluding carboxylic acids is 1. The normalized spacial score (nSPS) is 35.6. The summed E-state index contributed by atoms with van der Waals surface area (Å²) in [7, 11) is 0. The smallest absolute Gasteiger partial charge is 0.309 e. The molecule has 0 aliphatic carbocycles. The maximum Gasteiger partial charge on any atom is 0.309 e. The minimum Gasteiger partial charge on any atom is -0.456 e. The van der Waals surface area contributed by atoms with Crippen molar-refractivity contribution in [2.24, 2.45) is 5.41 Å². The molecule has 0 aromatic rings. The predicted octanol–water partition coefficient (Wildman–Crippen LogP) is 2.42. The van der Waals surface area contributed by atoms with Crippen molar-refractivity contribution in [2.45, 2.75) is 65.1 Å². The Morgan fingerprint density at radius 3 is 2.56 bits per heavy atom. The van der Waals surface area contributed by atoms with E-state index in [0.717, 1.165) is 0 Å². The molecule has 0 spiro atoms. The standard InChI is InChI=1S/C14H22O4/c1-13(2,3)7-6-9-12-10(8-11(15)16-12)18-14(4,5)17-9/h6-7,9-10,12H,8H2,1-5H3/b7-6+/t9-,10?,12+/m1/s1. The predicted molar refractivity (Wildman–Crippen MR) is 66.9 cm³/mol. The van der Waals surface area contributed by atoms with Crippen molar-refractivity contribution in [3.63, 3.8) is 0 Å². The third kappa shape index (κ3) is 3.12. The van der Waals surface area contributed by atoms with Crippen LogP contribution in [0.2, 0.25) is 0 Å². The van der Waals surface area contributed by atoms with Gasteiger partial charge in [-0.1, -0.05) is 32.9 Å². The molecule has 4 heteroatoms. The molecule has 2 rings (SSSR count). The Morgan fingerprint density at radius 1 is 1.28 bits per heavy atom. The highest BCUT2D eigenvalue weighted by Gasteiger charge is 2.49. The van der Waals surface area contributed by atoms with Gasteiger partial charge >= 0.3 is 5.97 Å². The van der Waals surface area contributed by atoms with Crippen LogP contribution in [-0.2, 0) is 19.0 Å². The quantitative estimate of drug-likeness (QED) is 0.532. The first-order chi connectivity index (χ1) is 8.16. The largest absolute Gasteiger partial charge is 0.456 e. The van der Waals surface area contributed by atoms with E-state index < -0.39 is 5.79 Å². The number of esters is 1. The van der Waals surface area contributed by atoms with Gasteiger partial charge in [-0.25, -0.2) is 0 Å². The molecule has 0 bridgehead atoms. The summed E-state index contributed by atoms with van der Waals surface area (Å²) in [4.78, 5) is 11.4. The zero-order valence-corrected chi connectivity index (χ0v) is 11.7. The highest BCUT2D eigenvalue weighted by Crippen LogP contribution is 2.35. The van der Waals surface area contributed by atoms with Crippen molar-refractivity contribution < 1.29 is 19.0 Å². The number of fused-ring (bicyclic) bond motifs is 1. The molecule has 3 atom stereocenters. The first-order valence-corrected chi connectivity index (χ1v) is 6.41. The molecule has 0 aromatic carbocycles. The molecular weight excluding hydrogens is 232 g/mol. The summed E-state index contributed by atoms with van der Waals surface area (Å²) in [5.41, 5.74) is 0.0733. The number of rotatable bonds is 1. The molecule has 102 valence electrons. The Morgan fingerprint density at radius 2 is 1.94 bits per heavy atom. The lowest BCUT2D eigenvalue weighted by molar-refractivity contribution is -0.310. The second-order valence-corrected chi connectivity index (χ2v) is 6.52. The van der Waals surface area contributed by atoms with E-state index in [1.54, 1.807) is 0 Å². The zero-order chi connectivity index (χ0) is 13.6. The number of hydrogen-bond acceptors (Lipinski definition) is 4. The van der Waals surface area contributed by atoms with Gasteiger partial charge in [0.15, 0.2) is 11.9 Å². The van der Waals surface area contributed by atoms with E-state index >= 15 is 0 Å². The van der Waals surface area contributed by atoms with E-state index in [9.17, 15) is 4.79 Å². The van der Waals surface area contributed by atoms with Crippen molar-refractivity contribution in [3.05, 3.63) is 12.2 Å². The molecular formula is C14H22O4. The molecule has 4 nitrogen and oxygen atoms in total. The van der Waals surface area contributed by atoms with Crippen molar-refractivity contribution in [1.29, 1.82) is 0 Å². The van der Waals surface area contributed by atoms with Gasteiger partial charge in [-0.15, -0.1) is 0 Å². The lowest BCUT2D eigenvalue weighted by Crippen LogP contribution is -2.51. The van der Waals surface area contributed by atoms with E-state index in [1.165, 1.54) is 0 Å². The lowest BCUT2D eigenvalue weighted by Gasteiger charge is -2.41. The molecule has 1 unspecified atom stereocenters. The fourth-order valence-corrected chi connectivity index (χ4v) is 2.26. The van der Waals surface area contributed by atoms with Crippen LogP contribution >= 0.6 is 0 Å². The molecule has 2 fully saturated rings. The monoisotopic (exact) mass is 254 g/mol. The van der Waals surface area contributed by atoms with E-state index in [4.69, 9.17) is 14.2 Å². The summed E-state index contributed by atoms with van der Waals surface area (Å²) >= 11 is 0. The summed E-state index contributed by atoms with van der Waals surface area (Å²) in [5.74, 6) is -0.886. The van der Waals surface area contributed by atoms with Crippen LogP contribution in [0.15, 0.2) is 12.2 Å². The van der Waals surface area contributed by atoms with Crippen molar-refractivity contribution >= 4 is 5.97 Å². The second kappa shape index (κ2) is 4.35. The Kier molecular flexibility index (Phi) is 3.28. The van der Waals surface area contributed by atoms with Crippen LogP contribution in [0.25, 0.3) is 0 Å². The Labute approximate surface area is 108 Å². The van der Waals surface area contributed by atoms with Crippen molar-refractivity contribution in [1.82, 2.24) is 0 Å².